The third-order valence-corrected chi connectivity index (χ3v) is 5.96. The zero-order valence-corrected chi connectivity index (χ0v) is 14.5. The Hall–Kier alpha value is -0.840. The maximum absolute atomic E-state index is 12.6. The van der Waals surface area contributed by atoms with Gasteiger partial charge in [-0.15, -0.1) is 11.8 Å². The van der Waals surface area contributed by atoms with Crippen LogP contribution < -0.4 is 0 Å². The zero-order chi connectivity index (χ0) is 14.5. The lowest BCUT2D eigenvalue weighted by Crippen LogP contribution is -1.93. The van der Waals surface area contributed by atoms with E-state index in [1.807, 2.05) is 67.8 Å². The highest BCUT2D eigenvalue weighted by Gasteiger charge is 2.09. The monoisotopic (exact) mass is 366 g/mol. The molecule has 0 amide bonds. The van der Waals surface area contributed by atoms with Crippen molar-refractivity contribution in [3.63, 3.8) is 0 Å². The van der Waals surface area contributed by atoms with E-state index in [9.17, 15) is 4.21 Å². The van der Waals surface area contributed by atoms with Crippen LogP contribution in [-0.4, -0.2) is 10.5 Å². The summed E-state index contributed by atoms with van der Waals surface area (Å²) >= 11 is 4.94. The fourth-order valence-corrected chi connectivity index (χ4v) is 3.93. The van der Waals surface area contributed by atoms with Crippen molar-refractivity contribution < 1.29 is 4.21 Å². The second-order valence-electron chi connectivity index (χ2n) is 4.30. The minimum Gasteiger partial charge on any atom is -0.249 e. The number of thioether (sulfide) groups is 1. The quantitative estimate of drug-likeness (QED) is 0.736. The van der Waals surface area contributed by atoms with E-state index >= 15 is 0 Å². The fourth-order valence-electron chi connectivity index (χ4n) is 1.66. The molecule has 0 saturated carbocycles. The number of halogens is 1. The molecule has 0 bridgehead atoms. The van der Waals surface area contributed by atoms with Crippen LogP contribution in [0.4, 0.5) is 0 Å². The maximum atomic E-state index is 12.6. The standard InChI is InChI=1S/C16H15BrOS2/c1-12-3-9-15(10-4-12)20(18)16(19-2)11-13-5-7-14(17)8-6-13/h3-11H,1-2H3/b16-11+. The molecule has 0 fully saturated rings. The van der Waals surface area contributed by atoms with E-state index in [0.29, 0.717) is 0 Å². The Morgan fingerprint density at radius 2 is 1.70 bits per heavy atom. The van der Waals surface area contributed by atoms with Gasteiger partial charge in [-0.2, -0.15) is 0 Å². The van der Waals surface area contributed by atoms with Crippen LogP contribution in [0.15, 0.2) is 62.1 Å². The van der Waals surface area contributed by atoms with Crippen molar-refractivity contribution in [3.05, 3.63) is 68.4 Å². The third-order valence-electron chi connectivity index (χ3n) is 2.77. The molecular formula is C16H15BrOS2. The van der Waals surface area contributed by atoms with Gasteiger partial charge in [0.15, 0.2) is 0 Å². The van der Waals surface area contributed by atoms with Crippen LogP contribution in [0.3, 0.4) is 0 Å². The van der Waals surface area contributed by atoms with Crippen LogP contribution in [0.5, 0.6) is 0 Å². The molecule has 0 aliphatic carbocycles. The minimum absolute atomic E-state index is 0.841. The van der Waals surface area contributed by atoms with Crippen LogP contribution in [0.1, 0.15) is 11.1 Å². The number of aryl methyl sites for hydroxylation is 1. The summed E-state index contributed by atoms with van der Waals surface area (Å²) in [6, 6.07) is 15.8. The Morgan fingerprint density at radius 3 is 2.25 bits per heavy atom. The average Bonchev–Trinajstić information content (AvgIpc) is 2.47. The van der Waals surface area contributed by atoms with E-state index in [1.165, 1.54) is 17.3 Å². The molecule has 0 spiro atoms. The Labute approximate surface area is 135 Å². The van der Waals surface area contributed by atoms with E-state index in [2.05, 4.69) is 15.9 Å². The highest BCUT2D eigenvalue weighted by Crippen LogP contribution is 2.26. The molecule has 0 N–H and O–H groups in total. The van der Waals surface area contributed by atoms with Gasteiger partial charge in [0.25, 0.3) is 0 Å². The topological polar surface area (TPSA) is 17.1 Å². The van der Waals surface area contributed by atoms with Gasteiger partial charge in [-0.25, -0.2) is 4.21 Å². The molecule has 104 valence electrons. The molecule has 1 unspecified atom stereocenters. The molecule has 20 heavy (non-hydrogen) atoms. The molecule has 2 aromatic carbocycles. The zero-order valence-electron chi connectivity index (χ0n) is 11.3. The van der Waals surface area contributed by atoms with Gasteiger partial charge in [0.1, 0.15) is 0 Å². The van der Waals surface area contributed by atoms with Gasteiger partial charge in [-0.1, -0.05) is 45.8 Å². The normalized spacial score (nSPS) is 13.2. The summed E-state index contributed by atoms with van der Waals surface area (Å²) in [6.45, 7) is 2.03. The van der Waals surface area contributed by atoms with E-state index in [0.717, 1.165) is 19.2 Å². The molecule has 0 heterocycles. The first kappa shape index (κ1) is 15.5. The number of rotatable bonds is 4. The smallest absolute Gasteiger partial charge is 0.0914 e. The lowest BCUT2D eigenvalue weighted by atomic mass is 10.2. The van der Waals surface area contributed by atoms with Crippen molar-refractivity contribution in [2.75, 3.05) is 6.26 Å². The molecule has 2 rings (SSSR count). The summed E-state index contributed by atoms with van der Waals surface area (Å²) in [5, 5.41) is 0. The van der Waals surface area contributed by atoms with Crippen molar-refractivity contribution >= 4 is 44.6 Å². The first-order chi connectivity index (χ1) is 9.60. The van der Waals surface area contributed by atoms with Gasteiger partial charge >= 0.3 is 0 Å². The van der Waals surface area contributed by atoms with Gasteiger partial charge in [0.2, 0.25) is 0 Å². The fraction of sp³-hybridized carbons (Fsp3) is 0.125. The molecule has 4 heteroatoms. The number of hydrogen-bond donors (Lipinski definition) is 0. The summed E-state index contributed by atoms with van der Waals surface area (Å²) in [4.78, 5) is 0.841. The maximum Gasteiger partial charge on any atom is 0.0914 e. The summed E-state index contributed by atoms with van der Waals surface area (Å²) < 4.78 is 14.5. The molecule has 1 nitrogen and oxygen atoms in total. The lowest BCUT2D eigenvalue weighted by molar-refractivity contribution is 0.688. The summed E-state index contributed by atoms with van der Waals surface area (Å²) in [5.74, 6) is 0. The molecule has 0 aromatic heterocycles. The van der Waals surface area contributed by atoms with Crippen molar-refractivity contribution in [1.29, 1.82) is 0 Å². The minimum atomic E-state index is -1.12. The van der Waals surface area contributed by atoms with Gasteiger partial charge in [-0.05, 0) is 49.1 Å². The van der Waals surface area contributed by atoms with Gasteiger partial charge < -0.3 is 0 Å². The molecule has 0 radical (unpaired) electrons. The number of benzene rings is 2. The van der Waals surface area contributed by atoms with Crippen molar-refractivity contribution in [3.8, 4) is 0 Å². The molecule has 2 aromatic rings. The van der Waals surface area contributed by atoms with Crippen molar-refractivity contribution in [2.45, 2.75) is 11.8 Å². The van der Waals surface area contributed by atoms with Gasteiger partial charge in [0.05, 0.1) is 15.0 Å². The van der Waals surface area contributed by atoms with Gasteiger partial charge in [-0.3, -0.25) is 0 Å². The molecular weight excluding hydrogens is 352 g/mol. The van der Waals surface area contributed by atoms with Gasteiger partial charge in [0, 0.05) is 9.37 Å². The first-order valence-corrected chi connectivity index (χ1v) is 9.26. The Kier molecular flexibility index (Phi) is 5.64. The molecule has 0 saturated heterocycles. The highest BCUT2D eigenvalue weighted by molar-refractivity contribution is 9.10. The van der Waals surface area contributed by atoms with E-state index < -0.39 is 10.8 Å². The largest absolute Gasteiger partial charge is 0.249 e. The lowest BCUT2D eigenvalue weighted by Gasteiger charge is -2.05. The van der Waals surface area contributed by atoms with Crippen LogP contribution >= 0.6 is 27.7 Å². The van der Waals surface area contributed by atoms with E-state index in [1.54, 1.807) is 0 Å². The van der Waals surface area contributed by atoms with E-state index in [-0.39, 0.29) is 0 Å². The summed E-state index contributed by atoms with van der Waals surface area (Å²) in [7, 11) is -1.12. The summed E-state index contributed by atoms with van der Waals surface area (Å²) in [6.07, 6.45) is 3.93. The van der Waals surface area contributed by atoms with Crippen LogP contribution in [-0.2, 0) is 10.8 Å². The summed E-state index contributed by atoms with van der Waals surface area (Å²) in [5.41, 5.74) is 2.23. The van der Waals surface area contributed by atoms with Crippen LogP contribution in [0.25, 0.3) is 6.08 Å². The second kappa shape index (κ2) is 7.25. The van der Waals surface area contributed by atoms with Crippen LogP contribution in [0, 0.1) is 6.92 Å². The second-order valence-corrected chi connectivity index (χ2v) is 7.77. The predicted octanol–water partition coefficient (Wildman–Crippen LogP) is 5.23. The Bertz CT molecular complexity index is 631. The highest BCUT2D eigenvalue weighted by atomic mass is 79.9. The van der Waals surface area contributed by atoms with E-state index in [4.69, 9.17) is 0 Å². The first-order valence-electron chi connectivity index (χ1n) is 6.10. The average molecular weight is 367 g/mol. The van der Waals surface area contributed by atoms with Crippen molar-refractivity contribution in [2.24, 2.45) is 0 Å². The van der Waals surface area contributed by atoms with Crippen molar-refractivity contribution in [1.82, 2.24) is 0 Å². The predicted molar refractivity (Wildman–Crippen MR) is 93.2 cm³/mol. The van der Waals surface area contributed by atoms with Crippen LogP contribution in [0.2, 0.25) is 0 Å². The molecule has 0 aliphatic heterocycles. The molecule has 0 aliphatic rings. The Morgan fingerprint density at radius 1 is 1.10 bits per heavy atom. The SMILES string of the molecule is CS/C(=C\c1ccc(Br)cc1)S(=O)c1ccc(C)cc1. The Balaban J connectivity index is 2.29. The third kappa shape index (κ3) is 4.08. The molecule has 1 atom stereocenters. The number of hydrogen-bond acceptors (Lipinski definition) is 2.